The minimum Gasteiger partial charge on any atom is -0.744 e. The molecule has 0 bridgehead atoms. The summed E-state index contributed by atoms with van der Waals surface area (Å²) in [5.41, 5.74) is 6.82. The summed E-state index contributed by atoms with van der Waals surface area (Å²) in [5, 5.41) is 0.610. The molecule has 0 radical (unpaired) electrons. The first kappa shape index (κ1) is 28.5. The number of rotatable bonds is 7. The number of imide groups is 1. The molecule has 13 heteroatoms. The molecule has 0 atom stereocenters. The zero-order valence-electron chi connectivity index (χ0n) is 23.0. The van der Waals surface area contributed by atoms with Crippen LogP contribution in [0.25, 0.3) is 10.9 Å². The van der Waals surface area contributed by atoms with Gasteiger partial charge in [-0.3, -0.25) is 0 Å². The van der Waals surface area contributed by atoms with Crippen molar-refractivity contribution in [3.8, 4) is 11.5 Å². The number of methoxy groups -OCH3 is 2. The molecule has 2 aromatic rings. The van der Waals surface area contributed by atoms with Crippen LogP contribution in [0, 0.1) is 11.8 Å². The summed E-state index contributed by atoms with van der Waals surface area (Å²) in [5.74, 6) is -0.0255. The number of fused-ring (bicyclic) bond motifs is 1. The Bertz CT molecular complexity index is 1380. The molecule has 3 heterocycles. The summed E-state index contributed by atoms with van der Waals surface area (Å²) in [4.78, 5) is 38.4. The molecule has 12 nitrogen and oxygen atoms in total. The highest BCUT2D eigenvalue weighted by Crippen LogP contribution is 2.41. The van der Waals surface area contributed by atoms with Gasteiger partial charge in [0.2, 0.25) is 5.95 Å². The second-order valence-electron chi connectivity index (χ2n) is 11.3. The number of carbonyl (C=O) groups excluding carboxylic acids is 2. The standard InChI is InChI=1S/C27H37N5O7S/c1-38-22-14-20-21(15-23(22)39-2)29-27(30-26(20)28)31-10-8-19(9-11-31)32(16-40(35,36)37)24(33)12-18(13-25(32)34)17-6-4-3-5-7-17/h14-15,17-19H,3-13,16H2,1-2H3,(H2-,28,29,30,35,36,37). The molecule has 1 saturated carbocycles. The van der Waals surface area contributed by atoms with E-state index in [9.17, 15) is 22.6 Å². The van der Waals surface area contributed by atoms with Crippen molar-refractivity contribution in [2.24, 2.45) is 11.8 Å². The number of nitrogen functional groups attached to an aromatic ring is 1. The number of amides is 2. The number of piperidine rings is 2. The summed E-state index contributed by atoms with van der Waals surface area (Å²) in [7, 11) is -1.79. The number of quaternary nitrogens is 1. The van der Waals surface area contributed by atoms with E-state index in [4.69, 9.17) is 15.2 Å². The van der Waals surface area contributed by atoms with Crippen molar-refractivity contribution in [3.05, 3.63) is 12.1 Å². The van der Waals surface area contributed by atoms with E-state index in [-0.39, 0.29) is 24.6 Å². The van der Waals surface area contributed by atoms with Gasteiger partial charge in [-0.25, -0.2) is 23.0 Å². The van der Waals surface area contributed by atoms with E-state index in [2.05, 4.69) is 9.97 Å². The Morgan fingerprint density at radius 1 is 0.950 bits per heavy atom. The number of benzene rings is 1. The zero-order chi connectivity index (χ0) is 28.7. The van der Waals surface area contributed by atoms with E-state index in [0.29, 0.717) is 60.2 Å². The Morgan fingerprint density at radius 3 is 2.12 bits per heavy atom. The van der Waals surface area contributed by atoms with Crippen LogP contribution in [-0.4, -0.2) is 78.5 Å². The van der Waals surface area contributed by atoms with Crippen LogP contribution in [0.1, 0.15) is 57.8 Å². The lowest BCUT2D eigenvalue weighted by Gasteiger charge is -2.47. The lowest BCUT2D eigenvalue weighted by atomic mass is 9.74. The first-order valence-corrected chi connectivity index (χ1v) is 15.5. The van der Waals surface area contributed by atoms with Gasteiger partial charge < -0.3 is 24.7 Å². The van der Waals surface area contributed by atoms with E-state index in [1.807, 2.05) is 4.90 Å². The Kier molecular flexibility index (Phi) is 7.90. The molecule has 40 heavy (non-hydrogen) atoms. The van der Waals surface area contributed by atoms with Crippen LogP contribution in [0.3, 0.4) is 0 Å². The molecular weight excluding hydrogens is 538 g/mol. The van der Waals surface area contributed by atoms with Gasteiger partial charge in [0.15, 0.2) is 17.4 Å². The summed E-state index contributed by atoms with van der Waals surface area (Å²) in [6.45, 7) is 0.739. The number of nitrogens with two attached hydrogens (primary N) is 1. The normalized spacial score (nSPS) is 25.4. The van der Waals surface area contributed by atoms with Crippen molar-refractivity contribution in [2.45, 2.75) is 63.8 Å². The fourth-order valence-electron chi connectivity index (χ4n) is 6.95. The molecule has 0 spiro atoms. The van der Waals surface area contributed by atoms with E-state index in [1.165, 1.54) is 14.2 Å². The van der Waals surface area contributed by atoms with Gasteiger partial charge in [-0.2, -0.15) is 9.47 Å². The van der Waals surface area contributed by atoms with Crippen molar-refractivity contribution in [2.75, 3.05) is 43.8 Å². The second-order valence-corrected chi connectivity index (χ2v) is 12.6. The highest BCUT2D eigenvalue weighted by Gasteiger charge is 2.57. The molecule has 2 amide bonds. The molecule has 218 valence electrons. The van der Waals surface area contributed by atoms with E-state index in [1.54, 1.807) is 12.1 Å². The summed E-state index contributed by atoms with van der Waals surface area (Å²) < 4.78 is 45.9. The number of aromatic nitrogens is 2. The van der Waals surface area contributed by atoms with E-state index < -0.39 is 38.3 Å². The summed E-state index contributed by atoms with van der Waals surface area (Å²) in [6.07, 6.45) is 6.23. The molecule has 2 saturated heterocycles. The maximum Gasteiger partial charge on any atom is 0.322 e. The van der Waals surface area contributed by atoms with E-state index >= 15 is 0 Å². The van der Waals surface area contributed by atoms with Gasteiger partial charge in [-0.05, 0) is 17.9 Å². The van der Waals surface area contributed by atoms with Gasteiger partial charge >= 0.3 is 11.8 Å². The Labute approximate surface area is 234 Å². The molecule has 3 aliphatic rings. The number of likely N-dealkylation sites (tertiary alicyclic amines) is 1. The van der Waals surface area contributed by atoms with Crippen molar-refractivity contribution >= 4 is 44.6 Å². The predicted molar refractivity (Wildman–Crippen MR) is 146 cm³/mol. The van der Waals surface area contributed by atoms with Crippen LogP contribution in [0.5, 0.6) is 11.5 Å². The molecule has 1 aromatic carbocycles. The monoisotopic (exact) mass is 575 g/mol. The number of hydrogen-bond acceptors (Lipinski definition) is 11. The number of hydrogen-bond donors (Lipinski definition) is 1. The maximum atomic E-state index is 13.7. The van der Waals surface area contributed by atoms with Crippen LogP contribution in [0.4, 0.5) is 11.8 Å². The largest absolute Gasteiger partial charge is 0.744 e. The fraction of sp³-hybridized carbons (Fsp3) is 0.630. The number of nitrogens with zero attached hydrogens (tertiary/aromatic N) is 4. The lowest BCUT2D eigenvalue weighted by Crippen LogP contribution is -2.69. The van der Waals surface area contributed by atoms with Gasteiger partial charge in [-0.1, -0.05) is 32.1 Å². The average molecular weight is 576 g/mol. The minimum atomic E-state index is -4.84. The van der Waals surface area contributed by atoms with Crippen molar-refractivity contribution in [1.82, 2.24) is 9.97 Å². The smallest absolute Gasteiger partial charge is 0.322 e. The molecule has 5 rings (SSSR count). The number of carbonyl (C=O) groups is 2. The van der Waals surface area contributed by atoms with Crippen LogP contribution < -0.4 is 20.1 Å². The Balaban J connectivity index is 1.38. The molecule has 1 aliphatic carbocycles. The van der Waals surface area contributed by atoms with Crippen LogP contribution >= 0.6 is 0 Å². The van der Waals surface area contributed by atoms with Crippen LogP contribution in [0.15, 0.2) is 12.1 Å². The fourth-order valence-corrected chi connectivity index (χ4v) is 7.94. The molecular formula is C27H37N5O7S. The molecule has 2 aliphatic heterocycles. The van der Waals surface area contributed by atoms with Crippen molar-refractivity contribution in [1.29, 1.82) is 0 Å². The summed E-state index contributed by atoms with van der Waals surface area (Å²) in [6, 6.07) is 2.83. The third-order valence-electron chi connectivity index (χ3n) is 9.03. The average Bonchev–Trinajstić information content (AvgIpc) is 2.94. The minimum absolute atomic E-state index is 0.0782. The topological polar surface area (TPSA) is 165 Å². The highest BCUT2D eigenvalue weighted by atomic mass is 32.2. The first-order valence-electron chi connectivity index (χ1n) is 13.9. The quantitative estimate of drug-likeness (QED) is 0.293. The van der Waals surface area contributed by atoms with Crippen LogP contribution in [-0.2, 0) is 19.7 Å². The van der Waals surface area contributed by atoms with Gasteiger partial charge in [0, 0.05) is 37.4 Å². The molecule has 0 unspecified atom stereocenters. The van der Waals surface area contributed by atoms with Gasteiger partial charge in [0.25, 0.3) is 0 Å². The third kappa shape index (κ3) is 5.34. The molecule has 1 aromatic heterocycles. The van der Waals surface area contributed by atoms with Crippen molar-refractivity contribution in [3.63, 3.8) is 0 Å². The lowest BCUT2D eigenvalue weighted by molar-refractivity contribution is -0.799. The Hall–Kier alpha value is -3.03. The van der Waals surface area contributed by atoms with E-state index in [0.717, 1.165) is 32.1 Å². The predicted octanol–water partition coefficient (Wildman–Crippen LogP) is 2.56. The van der Waals surface area contributed by atoms with Gasteiger partial charge in [0.05, 0.1) is 32.6 Å². The van der Waals surface area contributed by atoms with Gasteiger partial charge in [-0.15, -0.1) is 0 Å². The van der Waals surface area contributed by atoms with Crippen LogP contribution in [0.2, 0.25) is 0 Å². The second kappa shape index (κ2) is 11.1. The Morgan fingerprint density at radius 2 is 1.55 bits per heavy atom. The molecule has 2 N–H and O–H groups in total. The number of anilines is 2. The SMILES string of the molecule is COc1cc2nc(N3CCC([N+]4(CS(=O)(=O)[O-])C(=O)CC(C5CCCCC5)CC4=O)CC3)nc(N)c2cc1OC. The molecule has 3 fully saturated rings. The zero-order valence-corrected chi connectivity index (χ0v) is 23.8. The number of ether oxygens (including phenoxy) is 2. The summed E-state index contributed by atoms with van der Waals surface area (Å²) >= 11 is 0. The highest BCUT2D eigenvalue weighted by molar-refractivity contribution is 7.85. The third-order valence-corrected chi connectivity index (χ3v) is 9.75. The van der Waals surface area contributed by atoms with Crippen molar-refractivity contribution < 1.29 is 36.5 Å². The van der Waals surface area contributed by atoms with Gasteiger partial charge in [0.1, 0.15) is 22.0 Å². The maximum absolute atomic E-state index is 13.7. The first-order chi connectivity index (χ1) is 19.1.